The third-order valence-corrected chi connectivity index (χ3v) is 9.06. The van der Waals surface area contributed by atoms with Crippen molar-refractivity contribution in [2.75, 3.05) is 18.4 Å². The van der Waals surface area contributed by atoms with Crippen LogP contribution in [0.5, 0.6) is 11.6 Å². The van der Waals surface area contributed by atoms with Crippen LogP contribution in [0.25, 0.3) is 22.0 Å². The average molecular weight is 532 g/mol. The first-order valence-corrected chi connectivity index (χ1v) is 14.7. The van der Waals surface area contributed by atoms with E-state index in [1.807, 2.05) is 55.5 Å². The van der Waals surface area contributed by atoms with E-state index in [-0.39, 0.29) is 11.8 Å². The van der Waals surface area contributed by atoms with Gasteiger partial charge in [0.2, 0.25) is 11.8 Å². The van der Waals surface area contributed by atoms with E-state index in [4.69, 9.17) is 9.72 Å². The van der Waals surface area contributed by atoms with Crippen molar-refractivity contribution in [3.63, 3.8) is 0 Å². The molecule has 1 aliphatic rings. The molecule has 0 bridgehead atoms. The number of ether oxygens (including phenoxy) is 1. The normalized spacial score (nSPS) is 16.1. The Hall–Kier alpha value is -3.56. The lowest BCUT2D eigenvalue weighted by Crippen LogP contribution is -2.38. The van der Waals surface area contributed by atoms with Crippen molar-refractivity contribution in [2.45, 2.75) is 50.7 Å². The molecule has 2 aromatic carbocycles. The summed E-state index contributed by atoms with van der Waals surface area (Å²) >= 11 is 0. The molecule has 2 N–H and O–H groups in total. The molecule has 9 heteroatoms. The summed E-state index contributed by atoms with van der Waals surface area (Å²) in [5, 5.41) is 8.07. The van der Waals surface area contributed by atoms with Gasteiger partial charge in [0, 0.05) is 30.4 Å². The second kappa shape index (κ2) is 11.0. The maximum atomic E-state index is 12.7. The quantitative estimate of drug-likeness (QED) is 0.316. The molecule has 38 heavy (non-hydrogen) atoms. The standard InChI is InChI=1S/C29H33N5O3S/c1-19(2)38(35,36)18-21-7-4-9-24-23(21)12-11-20(3)27(24)37-28-25(10-6-15-31-28)26-13-16-32-29(34-26)33-22-8-5-14-30-17-22/h4,6-7,9-13,15-16,19,22,30H,5,8,14,17-18H2,1-3H3,(H,32,33,34)/t22-/m0/s1. The van der Waals surface area contributed by atoms with Crippen molar-refractivity contribution in [3.8, 4) is 22.9 Å². The topological polar surface area (TPSA) is 106 Å². The number of rotatable bonds is 8. The Morgan fingerprint density at radius 2 is 1.92 bits per heavy atom. The lowest BCUT2D eigenvalue weighted by atomic mass is 10.0. The molecule has 1 fully saturated rings. The molecule has 1 atom stereocenters. The highest BCUT2D eigenvalue weighted by molar-refractivity contribution is 7.91. The number of benzene rings is 2. The second-order valence-electron chi connectivity index (χ2n) is 9.99. The molecule has 3 heterocycles. The summed E-state index contributed by atoms with van der Waals surface area (Å²) in [6, 6.07) is 15.5. The summed E-state index contributed by atoms with van der Waals surface area (Å²) in [6.07, 6.45) is 5.62. The van der Waals surface area contributed by atoms with Gasteiger partial charge in [0.15, 0.2) is 9.84 Å². The smallest absolute Gasteiger partial charge is 0.228 e. The zero-order valence-electron chi connectivity index (χ0n) is 21.9. The van der Waals surface area contributed by atoms with E-state index in [1.165, 1.54) is 0 Å². The van der Waals surface area contributed by atoms with Gasteiger partial charge >= 0.3 is 0 Å². The predicted octanol–water partition coefficient (Wildman–Crippen LogP) is 5.28. The number of aryl methyl sites for hydroxylation is 1. The van der Waals surface area contributed by atoms with E-state index >= 15 is 0 Å². The number of hydrogen-bond donors (Lipinski definition) is 2. The van der Waals surface area contributed by atoms with Crippen molar-refractivity contribution in [2.24, 2.45) is 0 Å². The fourth-order valence-electron chi connectivity index (χ4n) is 4.65. The molecule has 2 aromatic heterocycles. The van der Waals surface area contributed by atoms with Gasteiger partial charge in [0.05, 0.1) is 22.3 Å². The van der Waals surface area contributed by atoms with Crippen LogP contribution in [0.2, 0.25) is 0 Å². The van der Waals surface area contributed by atoms with Crippen molar-refractivity contribution < 1.29 is 13.2 Å². The second-order valence-corrected chi connectivity index (χ2v) is 12.5. The fraction of sp³-hybridized carbons (Fsp3) is 0.345. The molecule has 0 unspecified atom stereocenters. The maximum absolute atomic E-state index is 12.7. The molecule has 0 saturated carbocycles. The largest absolute Gasteiger partial charge is 0.437 e. The minimum atomic E-state index is -3.26. The van der Waals surface area contributed by atoms with Crippen LogP contribution in [-0.2, 0) is 15.6 Å². The molecule has 5 rings (SSSR count). The third kappa shape index (κ3) is 5.63. The first-order chi connectivity index (χ1) is 18.3. The van der Waals surface area contributed by atoms with E-state index in [2.05, 4.69) is 20.6 Å². The summed E-state index contributed by atoms with van der Waals surface area (Å²) in [5.41, 5.74) is 3.13. The van der Waals surface area contributed by atoms with E-state index < -0.39 is 15.1 Å². The number of anilines is 1. The van der Waals surface area contributed by atoms with Gasteiger partial charge in [-0.3, -0.25) is 0 Å². The third-order valence-electron chi connectivity index (χ3n) is 6.91. The van der Waals surface area contributed by atoms with Gasteiger partial charge in [-0.1, -0.05) is 30.3 Å². The Balaban J connectivity index is 1.50. The molecule has 198 valence electrons. The van der Waals surface area contributed by atoms with Crippen LogP contribution < -0.4 is 15.4 Å². The molecule has 1 saturated heterocycles. The SMILES string of the molecule is Cc1ccc2c(CS(=O)(=O)C(C)C)cccc2c1Oc1ncccc1-c1ccnc(N[C@H]2CCCNC2)n1. The Morgan fingerprint density at radius 3 is 2.71 bits per heavy atom. The Kier molecular flexibility index (Phi) is 7.58. The number of hydrogen-bond acceptors (Lipinski definition) is 8. The number of nitrogens with zero attached hydrogens (tertiary/aromatic N) is 3. The molecule has 1 aliphatic heterocycles. The number of nitrogens with one attached hydrogen (secondary N) is 2. The Labute approximate surface area is 223 Å². The molecule has 4 aromatic rings. The molecule has 0 aliphatic carbocycles. The van der Waals surface area contributed by atoms with E-state index in [1.54, 1.807) is 26.2 Å². The highest BCUT2D eigenvalue weighted by Crippen LogP contribution is 2.38. The summed E-state index contributed by atoms with van der Waals surface area (Å²) in [4.78, 5) is 13.7. The van der Waals surface area contributed by atoms with Crippen LogP contribution in [0.4, 0.5) is 5.95 Å². The summed E-state index contributed by atoms with van der Waals surface area (Å²) in [7, 11) is -3.26. The van der Waals surface area contributed by atoms with Crippen LogP contribution in [-0.4, -0.2) is 47.8 Å². The van der Waals surface area contributed by atoms with E-state index in [0.29, 0.717) is 23.3 Å². The van der Waals surface area contributed by atoms with E-state index in [0.717, 1.165) is 53.4 Å². The van der Waals surface area contributed by atoms with Crippen LogP contribution >= 0.6 is 0 Å². The molecule has 0 radical (unpaired) electrons. The van der Waals surface area contributed by atoms with Crippen molar-refractivity contribution in [3.05, 3.63) is 72.1 Å². The van der Waals surface area contributed by atoms with Crippen LogP contribution in [0.15, 0.2) is 60.9 Å². The lowest BCUT2D eigenvalue weighted by Gasteiger charge is -2.23. The number of sulfone groups is 1. The van der Waals surface area contributed by atoms with Crippen LogP contribution in [0, 0.1) is 6.92 Å². The number of piperidine rings is 1. The Morgan fingerprint density at radius 1 is 1.05 bits per heavy atom. The predicted molar refractivity (Wildman–Crippen MR) is 151 cm³/mol. The van der Waals surface area contributed by atoms with Crippen molar-refractivity contribution in [1.82, 2.24) is 20.3 Å². The average Bonchev–Trinajstić information content (AvgIpc) is 2.91. The summed E-state index contributed by atoms with van der Waals surface area (Å²) < 4.78 is 31.8. The summed E-state index contributed by atoms with van der Waals surface area (Å²) in [5.74, 6) is 1.62. The number of pyridine rings is 1. The van der Waals surface area contributed by atoms with Gasteiger partial charge in [-0.2, -0.15) is 0 Å². The number of fused-ring (bicyclic) bond motifs is 1. The fourth-order valence-corrected chi connectivity index (χ4v) is 5.67. The van der Waals surface area contributed by atoms with Gasteiger partial charge in [-0.15, -0.1) is 0 Å². The molecule has 0 amide bonds. The molecular formula is C29H33N5O3S. The van der Waals surface area contributed by atoms with Gasteiger partial charge < -0.3 is 15.4 Å². The zero-order chi connectivity index (χ0) is 26.7. The van der Waals surface area contributed by atoms with Gasteiger partial charge in [-0.25, -0.2) is 23.4 Å². The van der Waals surface area contributed by atoms with E-state index in [9.17, 15) is 8.42 Å². The first-order valence-electron chi connectivity index (χ1n) is 13.0. The van der Waals surface area contributed by atoms with Gasteiger partial charge in [0.25, 0.3) is 0 Å². The van der Waals surface area contributed by atoms with Gasteiger partial charge in [-0.05, 0) is 74.9 Å². The van der Waals surface area contributed by atoms with Gasteiger partial charge in [0.1, 0.15) is 5.75 Å². The minimum Gasteiger partial charge on any atom is -0.437 e. The van der Waals surface area contributed by atoms with Crippen molar-refractivity contribution in [1.29, 1.82) is 0 Å². The Bertz CT molecular complexity index is 1550. The highest BCUT2D eigenvalue weighted by atomic mass is 32.2. The highest BCUT2D eigenvalue weighted by Gasteiger charge is 2.20. The zero-order valence-corrected chi connectivity index (χ0v) is 22.8. The maximum Gasteiger partial charge on any atom is 0.228 e. The minimum absolute atomic E-state index is 0.0213. The van der Waals surface area contributed by atoms with Crippen LogP contribution in [0.3, 0.4) is 0 Å². The van der Waals surface area contributed by atoms with Crippen LogP contribution in [0.1, 0.15) is 37.8 Å². The van der Waals surface area contributed by atoms with Crippen molar-refractivity contribution >= 4 is 26.6 Å². The number of aromatic nitrogens is 3. The summed E-state index contributed by atoms with van der Waals surface area (Å²) in [6.45, 7) is 7.32. The molecule has 0 spiro atoms. The monoisotopic (exact) mass is 531 g/mol. The molecular weight excluding hydrogens is 498 g/mol. The molecule has 8 nitrogen and oxygen atoms in total. The lowest BCUT2D eigenvalue weighted by molar-refractivity contribution is 0.466. The first kappa shape index (κ1) is 26.1.